The fourth-order valence-electron chi connectivity index (χ4n) is 5.23. The Hall–Kier alpha value is -3.10. The number of nitrogens with zero attached hydrogens (tertiary/aromatic N) is 4. The number of benzene rings is 1. The van der Waals surface area contributed by atoms with Crippen molar-refractivity contribution in [2.75, 3.05) is 43.0 Å². The molecule has 0 spiro atoms. The molecule has 2 atom stereocenters. The maximum absolute atomic E-state index is 6.49. The lowest BCUT2D eigenvalue weighted by molar-refractivity contribution is 0.186. The third-order valence-corrected chi connectivity index (χ3v) is 6.71. The number of pyridine rings is 1. The predicted molar refractivity (Wildman–Crippen MR) is 123 cm³/mol. The van der Waals surface area contributed by atoms with Gasteiger partial charge in [0.25, 0.3) is 0 Å². The molecule has 2 N–H and O–H groups in total. The summed E-state index contributed by atoms with van der Waals surface area (Å²) in [6, 6.07) is 10.4. The van der Waals surface area contributed by atoms with Crippen LogP contribution in [0.3, 0.4) is 0 Å². The van der Waals surface area contributed by atoms with Gasteiger partial charge in [0.05, 0.1) is 22.6 Å². The van der Waals surface area contributed by atoms with Gasteiger partial charge in [0, 0.05) is 31.4 Å². The van der Waals surface area contributed by atoms with Crippen molar-refractivity contribution < 1.29 is 9.26 Å². The summed E-state index contributed by atoms with van der Waals surface area (Å²) in [7, 11) is 0. The van der Waals surface area contributed by atoms with Crippen LogP contribution in [0.2, 0.25) is 0 Å². The standard InChI is InChI=1S/C24H28N6O2/c1-15-21(16(2)32-28-15)17-7-8-19-22-23(17)31-14-20(18-6-3-4-10-26-18)30(22)24(27-19)29-12-5-9-25-11-13-29/h3-4,6-8,10,20,24-25,27H,5,9,11-14H2,1-2H3/t20-,24?/m1/s1. The average Bonchev–Trinajstić information content (AvgIpc) is 3.23. The van der Waals surface area contributed by atoms with Gasteiger partial charge in [0.1, 0.15) is 24.1 Å². The van der Waals surface area contributed by atoms with Crippen molar-refractivity contribution >= 4 is 11.4 Å². The second-order valence-electron chi connectivity index (χ2n) is 8.68. The molecule has 0 aliphatic carbocycles. The van der Waals surface area contributed by atoms with E-state index in [9.17, 15) is 0 Å². The molecule has 0 bridgehead atoms. The van der Waals surface area contributed by atoms with Gasteiger partial charge >= 0.3 is 0 Å². The summed E-state index contributed by atoms with van der Waals surface area (Å²) in [5.41, 5.74) is 6.14. The molecule has 2 aromatic heterocycles. The second kappa shape index (κ2) is 7.79. The molecule has 1 saturated heterocycles. The molecule has 1 unspecified atom stereocenters. The van der Waals surface area contributed by atoms with Crippen LogP contribution in [0.1, 0.15) is 29.6 Å². The summed E-state index contributed by atoms with van der Waals surface area (Å²) in [4.78, 5) is 9.69. The van der Waals surface area contributed by atoms with Gasteiger partial charge in [-0.1, -0.05) is 11.2 Å². The van der Waals surface area contributed by atoms with E-state index in [1.807, 2.05) is 32.2 Å². The topological polar surface area (TPSA) is 78.7 Å². The molecular formula is C24H28N6O2. The third-order valence-electron chi connectivity index (χ3n) is 6.71. The molecule has 1 fully saturated rings. The van der Waals surface area contributed by atoms with Gasteiger partial charge in [0.15, 0.2) is 12.0 Å². The number of nitrogens with one attached hydrogen (secondary N) is 2. The number of aromatic nitrogens is 2. The van der Waals surface area contributed by atoms with E-state index in [1.54, 1.807) is 0 Å². The molecule has 8 nitrogen and oxygen atoms in total. The Balaban J connectivity index is 1.49. The largest absolute Gasteiger partial charge is 0.488 e. The number of rotatable bonds is 3. The Morgan fingerprint density at radius 2 is 2.03 bits per heavy atom. The van der Waals surface area contributed by atoms with Gasteiger partial charge in [-0.25, -0.2) is 0 Å². The summed E-state index contributed by atoms with van der Waals surface area (Å²) in [5, 5.41) is 11.5. The van der Waals surface area contributed by atoms with Crippen molar-refractivity contribution in [2.24, 2.45) is 0 Å². The first-order valence-electron chi connectivity index (χ1n) is 11.4. The first-order chi connectivity index (χ1) is 15.7. The minimum atomic E-state index is 0.0265. The van der Waals surface area contributed by atoms with E-state index >= 15 is 0 Å². The molecule has 0 amide bonds. The highest BCUT2D eigenvalue weighted by atomic mass is 16.5. The van der Waals surface area contributed by atoms with E-state index in [-0.39, 0.29) is 12.3 Å². The van der Waals surface area contributed by atoms with Crippen molar-refractivity contribution in [3.05, 3.63) is 53.7 Å². The predicted octanol–water partition coefficient (Wildman–Crippen LogP) is 3.30. The minimum Gasteiger partial charge on any atom is -0.488 e. The first-order valence-corrected chi connectivity index (χ1v) is 11.4. The Bertz CT molecular complexity index is 1100. The highest BCUT2D eigenvalue weighted by Gasteiger charge is 2.44. The highest BCUT2D eigenvalue weighted by Crippen LogP contribution is 2.54. The molecule has 32 heavy (non-hydrogen) atoms. The van der Waals surface area contributed by atoms with Crippen LogP contribution in [0.4, 0.5) is 11.4 Å². The normalized spacial score (nSPS) is 22.8. The fourth-order valence-corrected chi connectivity index (χ4v) is 5.23. The maximum Gasteiger partial charge on any atom is 0.159 e. The summed E-state index contributed by atoms with van der Waals surface area (Å²) in [6.07, 6.45) is 3.05. The van der Waals surface area contributed by atoms with E-state index in [2.05, 4.69) is 43.8 Å². The van der Waals surface area contributed by atoms with Crippen molar-refractivity contribution in [3.8, 4) is 16.9 Å². The van der Waals surface area contributed by atoms with E-state index in [1.165, 1.54) is 0 Å². The number of aryl methyl sites for hydroxylation is 2. The van der Waals surface area contributed by atoms with Crippen LogP contribution in [-0.4, -0.2) is 54.1 Å². The molecule has 6 rings (SSSR count). The van der Waals surface area contributed by atoms with Crippen LogP contribution in [0.15, 0.2) is 41.1 Å². The lowest BCUT2D eigenvalue weighted by Gasteiger charge is -2.42. The van der Waals surface area contributed by atoms with Crippen LogP contribution in [0.5, 0.6) is 5.75 Å². The molecule has 8 heteroatoms. The Kier molecular flexibility index (Phi) is 4.77. The quantitative estimate of drug-likeness (QED) is 0.653. The highest BCUT2D eigenvalue weighted by molar-refractivity contribution is 5.91. The van der Waals surface area contributed by atoms with Gasteiger partial charge in [-0.15, -0.1) is 0 Å². The van der Waals surface area contributed by atoms with Crippen LogP contribution >= 0.6 is 0 Å². The summed E-state index contributed by atoms with van der Waals surface area (Å²) >= 11 is 0. The van der Waals surface area contributed by atoms with Crippen LogP contribution < -0.4 is 20.3 Å². The van der Waals surface area contributed by atoms with Gasteiger partial charge in [-0.3, -0.25) is 9.88 Å². The van der Waals surface area contributed by atoms with E-state index < -0.39 is 0 Å². The Morgan fingerprint density at radius 3 is 2.84 bits per heavy atom. The first kappa shape index (κ1) is 19.6. The lowest BCUT2D eigenvalue weighted by atomic mass is 9.99. The van der Waals surface area contributed by atoms with Crippen molar-refractivity contribution in [2.45, 2.75) is 32.6 Å². The molecule has 1 aromatic carbocycles. The molecule has 0 saturated carbocycles. The monoisotopic (exact) mass is 432 g/mol. The Morgan fingerprint density at radius 1 is 1.09 bits per heavy atom. The van der Waals surface area contributed by atoms with E-state index in [0.717, 1.165) is 78.0 Å². The van der Waals surface area contributed by atoms with E-state index in [4.69, 9.17) is 14.2 Å². The van der Waals surface area contributed by atoms with Crippen LogP contribution in [-0.2, 0) is 0 Å². The summed E-state index contributed by atoms with van der Waals surface area (Å²) < 4.78 is 12.0. The lowest BCUT2D eigenvalue weighted by Crippen LogP contribution is -2.54. The molecule has 3 aliphatic heterocycles. The van der Waals surface area contributed by atoms with Crippen molar-refractivity contribution in [3.63, 3.8) is 0 Å². The van der Waals surface area contributed by atoms with Gasteiger partial charge in [0.2, 0.25) is 0 Å². The van der Waals surface area contributed by atoms with Gasteiger partial charge in [-0.2, -0.15) is 0 Å². The zero-order chi connectivity index (χ0) is 21.7. The second-order valence-corrected chi connectivity index (χ2v) is 8.68. The number of anilines is 2. The number of hydrogen-bond acceptors (Lipinski definition) is 8. The van der Waals surface area contributed by atoms with Crippen molar-refractivity contribution in [1.82, 2.24) is 20.4 Å². The van der Waals surface area contributed by atoms with Crippen LogP contribution in [0.25, 0.3) is 11.1 Å². The number of ether oxygens (including phenoxy) is 1. The molecule has 3 aromatic rings. The smallest absolute Gasteiger partial charge is 0.159 e. The summed E-state index contributed by atoms with van der Waals surface area (Å²) in [6.45, 7) is 8.55. The molecule has 3 aliphatic rings. The fraction of sp³-hybridized carbons (Fsp3) is 0.417. The maximum atomic E-state index is 6.49. The summed E-state index contributed by atoms with van der Waals surface area (Å²) in [5.74, 6) is 1.70. The molecule has 166 valence electrons. The minimum absolute atomic E-state index is 0.0265. The Labute approximate surface area is 187 Å². The zero-order valence-corrected chi connectivity index (χ0v) is 18.5. The van der Waals surface area contributed by atoms with Gasteiger partial charge < -0.3 is 24.8 Å². The molecular weight excluding hydrogens is 404 g/mol. The van der Waals surface area contributed by atoms with E-state index in [0.29, 0.717) is 6.61 Å². The SMILES string of the molecule is Cc1noc(C)c1-c1ccc2c3c1OC[C@H](c1ccccn1)N3C(N1CCCNCC1)N2. The molecule has 5 heterocycles. The van der Waals surface area contributed by atoms with Crippen molar-refractivity contribution in [1.29, 1.82) is 0 Å². The molecule has 0 radical (unpaired) electrons. The average molecular weight is 433 g/mol. The van der Waals surface area contributed by atoms with Gasteiger partial charge in [-0.05, 0) is 51.1 Å². The zero-order valence-electron chi connectivity index (χ0n) is 18.5. The third kappa shape index (κ3) is 3.05. The number of hydrogen-bond donors (Lipinski definition) is 2. The van der Waals surface area contributed by atoms with Crippen LogP contribution in [0, 0.1) is 13.8 Å².